The molecule has 15 heterocycles. The van der Waals surface area contributed by atoms with E-state index in [4.69, 9.17) is 0 Å². The second kappa shape index (κ2) is 37.8. The van der Waals surface area contributed by atoms with Crippen LogP contribution in [0.3, 0.4) is 0 Å². The lowest BCUT2D eigenvalue weighted by Gasteiger charge is -2.15. The third-order valence-corrected chi connectivity index (χ3v) is 25.5. The van der Waals surface area contributed by atoms with Crippen molar-refractivity contribution in [2.45, 2.75) is 54.6 Å². The van der Waals surface area contributed by atoms with Crippen molar-refractivity contribution < 1.29 is 35.1 Å². The number of aromatic nitrogens is 20. The van der Waals surface area contributed by atoms with Crippen LogP contribution in [0, 0.1) is 77.6 Å². The molecule has 10 aromatic carbocycles. The van der Waals surface area contributed by atoms with Gasteiger partial charge in [-0.05, 0) is 270 Å². The summed E-state index contributed by atoms with van der Waals surface area (Å²) >= 11 is 0. The molecule has 0 saturated carbocycles. The Hall–Kier alpha value is -19.2. The van der Waals surface area contributed by atoms with Crippen LogP contribution in [0.4, 0.5) is 35.1 Å². The number of benzene rings is 10. The lowest BCUT2D eigenvalue weighted by molar-refractivity contribution is -0.140. The molecule has 2 N–H and O–H groups in total. The van der Waals surface area contributed by atoms with Crippen LogP contribution in [-0.2, 0) is 6.18 Å². The fourth-order valence-corrected chi connectivity index (χ4v) is 18.2. The van der Waals surface area contributed by atoms with Crippen LogP contribution in [0.25, 0.3) is 177 Å². The number of hydrogen-bond acceptors (Lipinski definition) is 15. The fraction of sp³-hybridized carbons (Fsp3) is 0.0708. The SMILES string of the molecule is Cc1cc(F)ccc1-n1c(=O)ccc2cnc3ccc(-c4cn[nH]c4)cc3c21.Cc1cc(F)ccc1-n1c(=O)ccc2cnc3ccc(-c4cn[nH]c4)cc3c21.Cc1cn(-c2ccc3ncc4ccc(=O)n(-c5ccc(C)c(C)c5)c4c3c2)cn1.Cc1cn(-c2ccc3ncc4ccc(=O)n(-c5ccc(F)c(C(F)(F)F)c5)c4c3c2)cn1.Cc1cn(-c2ccc3ncc4ccc(=O)n(-c5ccc(F)c(F)c5)c4c3c2)cn1. The van der Waals surface area contributed by atoms with E-state index < -0.39 is 34.8 Å². The maximum Gasteiger partial charge on any atom is 0.419 e. The minimum Gasteiger partial charge on any atom is -0.306 e. The van der Waals surface area contributed by atoms with Crippen molar-refractivity contribution in [1.29, 1.82) is 0 Å². The average molecular weight is 1950 g/mol. The van der Waals surface area contributed by atoms with Crippen molar-refractivity contribution in [2.75, 3.05) is 0 Å². The molecule has 0 bridgehead atoms. The van der Waals surface area contributed by atoms with Crippen molar-refractivity contribution in [1.82, 2.24) is 96.8 Å². The van der Waals surface area contributed by atoms with Gasteiger partial charge in [-0.15, -0.1) is 0 Å². The Morgan fingerprint density at radius 3 is 0.911 bits per heavy atom. The van der Waals surface area contributed by atoms with Gasteiger partial charge in [0.05, 0.1) is 132 Å². The predicted molar refractivity (Wildman–Crippen MR) is 549 cm³/mol. The quantitative estimate of drug-likeness (QED) is 0.0950. The van der Waals surface area contributed by atoms with Crippen molar-refractivity contribution in [3.8, 4) is 67.8 Å². The summed E-state index contributed by atoms with van der Waals surface area (Å²) in [5, 5.41) is 21.4. The summed E-state index contributed by atoms with van der Waals surface area (Å²) in [7, 11) is 0. The summed E-state index contributed by atoms with van der Waals surface area (Å²) in [4.78, 5) is 99.6. The van der Waals surface area contributed by atoms with Gasteiger partial charge in [0, 0.05) is 186 Å². The van der Waals surface area contributed by atoms with E-state index in [2.05, 4.69) is 92.3 Å². The number of aromatic amines is 2. The summed E-state index contributed by atoms with van der Waals surface area (Å²) in [6.45, 7) is 13.4. The smallest absolute Gasteiger partial charge is 0.306 e. The van der Waals surface area contributed by atoms with Crippen LogP contribution in [-0.4, -0.2) is 96.8 Å². The van der Waals surface area contributed by atoms with E-state index in [9.17, 15) is 59.1 Å². The van der Waals surface area contributed by atoms with Crippen LogP contribution in [0.5, 0.6) is 0 Å². The molecule has 0 aliphatic rings. The molecule has 15 aromatic heterocycles. The second-order valence-electron chi connectivity index (χ2n) is 35.0. The van der Waals surface area contributed by atoms with E-state index >= 15 is 0 Å². The third-order valence-electron chi connectivity index (χ3n) is 25.5. The molecule has 25 rings (SSSR count). The van der Waals surface area contributed by atoms with Crippen LogP contribution >= 0.6 is 0 Å². The van der Waals surface area contributed by atoms with E-state index in [0.29, 0.717) is 78.2 Å². The van der Waals surface area contributed by atoms with Crippen molar-refractivity contribution in [3.63, 3.8) is 0 Å². The largest absolute Gasteiger partial charge is 0.419 e. The molecule has 0 aliphatic carbocycles. The molecule has 0 aliphatic heterocycles. The minimum absolute atomic E-state index is 0.0582. The Kier molecular flexibility index (Phi) is 24.1. The van der Waals surface area contributed by atoms with Crippen LogP contribution in [0.2, 0.25) is 0 Å². The number of nitrogens with one attached hydrogen (secondary N) is 2. The average Bonchev–Trinajstić information content (AvgIpc) is 1.05. The third kappa shape index (κ3) is 17.8. The molecule has 0 spiro atoms. The highest BCUT2D eigenvalue weighted by atomic mass is 19.4. The van der Waals surface area contributed by atoms with E-state index in [1.807, 2.05) is 152 Å². The number of pyridine rings is 10. The molecule has 0 saturated heterocycles. The zero-order valence-corrected chi connectivity index (χ0v) is 78.4. The van der Waals surface area contributed by atoms with Gasteiger partial charge in [-0.3, -0.25) is 81.9 Å². The van der Waals surface area contributed by atoms with Gasteiger partial charge in [0.25, 0.3) is 27.8 Å². The molecule has 146 heavy (non-hydrogen) atoms. The lowest BCUT2D eigenvalue weighted by Crippen LogP contribution is -2.19. The van der Waals surface area contributed by atoms with E-state index in [1.165, 1.54) is 64.7 Å². The Bertz CT molecular complexity index is 9470. The van der Waals surface area contributed by atoms with Gasteiger partial charge in [-0.1, -0.05) is 18.2 Å². The molecule has 716 valence electrons. The molecule has 0 unspecified atom stereocenters. The van der Waals surface area contributed by atoms with E-state index in [1.54, 1.807) is 143 Å². The van der Waals surface area contributed by atoms with Crippen molar-refractivity contribution in [3.05, 3.63) is 462 Å². The zero-order valence-electron chi connectivity index (χ0n) is 78.4. The monoisotopic (exact) mass is 1950 g/mol. The Morgan fingerprint density at radius 2 is 0.582 bits per heavy atom. The van der Waals surface area contributed by atoms with Gasteiger partial charge < -0.3 is 13.7 Å². The number of halogens is 8. The van der Waals surface area contributed by atoms with Crippen molar-refractivity contribution >= 4 is 109 Å². The number of nitrogens with zero attached hydrogens (tertiary/aromatic N) is 18. The van der Waals surface area contributed by atoms with Gasteiger partial charge >= 0.3 is 6.18 Å². The normalized spacial score (nSPS) is 11.5. The molecule has 25 aromatic rings. The highest BCUT2D eigenvalue weighted by molar-refractivity contribution is 6.09. The molecule has 0 fully saturated rings. The molecule has 33 heteroatoms. The molecule has 0 atom stereocenters. The predicted octanol–water partition coefficient (Wildman–Crippen LogP) is 22.9. The summed E-state index contributed by atoms with van der Waals surface area (Å²) in [6, 6.07) is 65.7. The Balaban J connectivity index is 0.000000107. The van der Waals surface area contributed by atoms with Crippen LogP contribution < -0.4 is 27.8 Å². The summed E-state index contributed by atoms with van der Waals surface area (Å²) in [6.07, 6.45) is 21.6. The topological polar surface area (TPSA) is 285 Å². The number of fused-ring (bicyclic) bond motifs is 15. The first-order chi connectivity index (χ1) is 70.5. The number of aryl methyl sites for hydroxylation is 7. The van der Waals surface area contributed by atoms with Gasteiger partial charge in [0.15, 0.2) is 11.6 Å². The fourth-order valence-electron chi connectivity index (χ4n) is 18.2. The second-order valence-corrected chi connectivity index (χ2v) is 35.0. The Labute approximate surface area is 820 Å². The number of H-pyrrole nitrogens is 2. The first kappa shape index (κ1) is 93.1. The van der Waals surface area contributed by atoms with Gasteiger partial charge in [0.2, 0.25) is 0 Å². The lowest BCUT2D eigenvalue weighted by atomic mass is 10.0. The van der Waals surface area contributed by atoms with E-state index in [-0.39, 0.29) is 45.2 Å². The van der Waals surface area contributed by atoms with Gasteiger partial charge in [-0.25, -0.2) is 36.9 Å². The molecule has 0 radical (unpaired) electrons. The standard InChI is InChI=1S/C24H20N4O.C23H14F4N4O.C22H14F2N4O.2C22H15FN4O/c1-15-4-6-20(10-16(15)2)28-23(29)9-5-18-12-25-22-8-7-19(11-21(22)24(18)28)27-13-17(3)26-14-27;1-13-11-30(12-29-13)15-4-6-20-17(8-15)22-14(10-28-20)2-7-21(32)31(22)16-3-5-19(24)18(9-16)23(25,26)27;1-13-11-27(12-26-13)15-4-6-20-17(8-15)22-14(10-25-20)2-7-21(29)28(22)16-3-5-18(23)19(24)9-16;2*1-13-8-17(23)4-6-20(13)27-21(28)7-3-15-10-24-19-5-2-14(9-18(19)22(15)27)16-11-25-26-12-16/h4-14H,1-3H3;2-12H,1H3;2-12H,1H3;2*2-12H,1H3,(H,25,26). The number of imidazole rings is 3. The summed E-state index contributed by atoms with van der Waals surface area (Å²) in [5.41, 5.74) is 19.3. The van der Waals surface area contributed by atoms with Gasteiger partial charge in [-0.2, -0.15) is 23.4 Å². The number of rotatable bonds is 10. The molecular weight excluding hydrogens is 1870 g/mol. The van der Waals surface area contributed by atoms with Gasteiger partial charge in [0.1, 0.15) is 17.5 Å². The van der Waals surface area contributed by atoms with E-state index in [0.717, 1.165) is 156 Å². The summed E-state index contributed by atoms with van der Waals surface area (Å²) < 4.78 is 122. The zero-order chi connectivity index (χ0) is 101. The maximum absolute atomic E-state index is 13.9. The Morgan fingerprint density at radius 1 is 0.260 bits per heavy atom. The molecular formula is C113H78F8N20O5. The maximum atomic E-state index is 13.9. The van der Waals surface area contributed by atoms with Crippen LogP contribution in [0.1, 0.15) is 44.9 Å². The summed E-state index contributed by atoms with van der Waals surface area (Å²) in [5.74, 6) is -4.05. The number of alkyl halides is 3. The number of hydrogen-bond donors (Lipinski definition) is 2. The first-order valence-electron chi connectivity index (χ1n) is 45.6. The van der Waals surface area contributed by atoms with Crippen LogP contribution in [0.15, 0.2) is 360 Å². The highest BCUT2D eigenvalue weighted by Gasteiger charge is 2.35. The first-order valence-corrected chi connectivity index (χ1v) is 45.6. The highest BCUT2D eigenvalue weighted by Crippen LogP contribution is 2.39. The molecule has 25 nitrogen and oxygen atoms in total. The minimum atomic E-state index is -4.90. The van der Waals surface area contributed by atoms with Crippen molar-refractivity contribution in [2.24, 2.45) is 0 Å². The molecule has 0 amide bonds.